The van der Waals surface area contributed by atoms with E-state index in [4.69, 9.17) is 9.47 Å². The fourth-order valence-electron chi connectivity index (χ4n) is 2.24. The van der Waals surface area contributed by atoms with Gasteiger partial charge in [0.15, 0.2) is 0 Å². The molecule has 1 N–H and O–H groups in total. The van der Waals surface area contributed by atoms with E-state index in [-0.39, 0.29) is 0 Å². The van der Waals surface area contributed by atoms with Gasteiger partial charge >= 0.3 is 0 Å². The monoisotopic (exact) mass is 250 g/mol. The molecule has 1 aromatic rings. The molecule has 4 nitrogen and oxygen atoms in total. The molecule has 1 unspecified atom stereocenters. The number of hydrogen-bond donors (Lipinski definition) is 1. The molecule has 18 heavy (non-hydrogen) atoms. The zero-order valence-electron chi connectivity index (χ0n) is 11.4. The zero-order chi connectivity index (χ0) is 13.0. The Bertz CT molecular complexity index is 373. The lowest BCUT2D eigenvalue weighted by Crippen LogP contribution is -2.28. The standard InChI is InChI=1S/C14H22N2O2/c1-11-4-6-16(7-5-15-11)12-8-13(17-2)10-14(9-12)18-3/h8-11,15H,4-7H2,1-3H3. The van der Waals surface area contributed by atoms with Crippen molar-refractivity contribution in [1.82, 2.24) is 5.32 Å². The Morgan fingerprint density at radius 3 is 2.39 bits per heavy atom. The molecule has 1 fully saturated rings. The second-order valence-electron chi connectivity index (χ2n) is 4.70. The number of methoxy groups -OCH3 is 2. The molecule has 0 bridgehead atoms. The zero-order valence-corrected chi connectivity index (χ0v) is 11.4. The van der Waals surface area contributed by atoms with Crippen LogP contribution in [0, 0.1) is 0 Å². The maximum Gasteiger partial charge on any atom is 0.124 e. The van der Waals surface area contributed by atoms with Gasteiger partial charge in [0.2, 0.25) is 0 Å². The Labute approximate surface area is 109 Å². The third-order valence-electron chi connectivity index (χ3n) is 3.41. The summed E-state index contributed by atoms with van der Waals surface area (Å²) in [6.45, 7) is 5.32. The average Bonchev–Trinajstić information content (AvgIpc) is 2.63. The van der Waals surface area contributed by atoms with E-state index in [0.717, 1.165) is 37.6 Å². The summed E-state index contributed by atoms with van der Waals surface area (Å²) in [6, 6.07) is 6.63. The van der Waals surface area contributed by atoms with Crippen LogP contribution in [0.1, 0.15) is 13.3 Å². The van der Waals surface area contributed by atoms with Crippen molar-refractivity contribution in [3.63, 3.8) is 0 Å². The topological polar surface area (TPSA) is 33.7 Å². The van der Waals surface area contributed by atoms with E-state index in [1.54, 1.807) is 14.2 Å². The molecule has 4 heteroatoms. The highest BCUT2D eigenvalue weighted by atomic mass is 16.5. The summed E-state index contributed by atoms with van der Waals surface area (Å²) >= 11 is 0. The molecule has 0 saturated carbocycles. The number of rotatable bonds is 3. The molecule has 0 spiro atoms. The summed E-state index contributed by atoms with van der Waals surface area (Å²) in [5, 5.41) is 3.50. The number of benzene rings is 1. The Kier molecular flexibility index (Phi) is 4.31. The number of ether oxygens (including phenoxy) is 2. The van der Waals surface area contributed by atoms with Crippen LogP contribution in [0.4, 0.5) is 5.69 Å². The summed E-state index contributed by atoms with van der Waals surface area (Å²) in [6.07, 6.45) is 1.15. The molecule has 100 valence electrons. The van der Waals surface area contributed by atoms with Crippen LogP contribution >= 0.6 is 0 Å². The lowest BCUT2D eigenvalue weighted by molar-refractivity contribution is 0.394. The molecule has 1 aliphatic heterocycles. The third-order valence-corrected chi connectivity index (χ3v) is 3.41. The Morgan fingerprint density at radius 2 is 1.78 bits per heavy atom. The van der Waals surface area contributed by atoms with Gasteiger partial charge in [0.05, 0.1) is 14.2 Å². The van der Waals surface area contributed by atoms with Crippen molar-refractivity contribution in [2.24, 2.45) is 0 Å². The number of hydrogen-bond acceptors (Lipinski definition) is 4. The van der Waals surface area contributed by atoms with Gasteiger partial charge in [-0.3, -0.25) is 0 Å². The van der Waals surface area contributed by atoms with E-state index in [2.05, 4.69) is 29.3 Å². The largest absolute Gasteiger partial charge is 0.497 e. The summed E-state index contributed by atoms with van der Waals surface area (Å²) in [5.41, 5.74) is 1.17. The molecule has 0 aromatic heterocycles. The van der Waals surface area contributed by atoms with E-state index < -0.39 is 0 Å². The maximum absolute atomic E-state index is 5.32. The van der Waals surface area contributed by atoms with Gasteiger partial charge in [-0.05, 0) is 13.3 Å². The quantitative estimate of drug-likeness (QED) is 0.888. The average molecular weight is 250 g/mol. The molecule has 1 heterocycles. The summed E-state index contributed by atoms with van der Waals surface area (Å²) < 4.78 is 10.6. The predicted molar refractivity (Wildman–Crippen MR) is 73.8 cm³/mol. The first-order valence-corrected chi connectivity index (χ1v) is 6.44. The van der Waals surface area contributed by atoms with Crippen molar-refractivity contribution in [3.05, 3.63) is 18.2 Å². The molecule has 1 saturated heterocycles. The minimum absolute atomic E-state index is 0.586. The van der Waals surface area contributed by atoms with Crippen LogP contribution in [0.5, 0.6) is 11.5 Å². The molecule has 0 amide bonds. The van der Waals surface area contributed by atoms with Gasteiger partial charge in [-0.2, -0.15) is 0 Å². The number of nitrogens with zero attached hydrogens (tertiary/aromatic N) is 1. The number of nitrogens with one attached hydrogen (secondary N) is 1. The SMILES string of the molecule is COc1cc(OC)cc(N2CCNC(C)CC2)c1. The van der Waals surface area contributed by atoms with E-state index in [0.29, 0.717) is 6.04 Å². The second kappa shape index (κ2) is 5.96. The predicted octanol–water partition coefficient (Wildman–Crippen LogP) is 1.89. The number of anilines is 1. The van der Waals surface area contributed by atoms with Gasteiger partial charge in [-0.15, -0.1) is 0 Å². The van der Waals surface area contributed by atoms with E-state index in [9.17, 15) is 0 Å². The fraction of sp³-hybridized carbons (Fsp3) is 0.571. The fourth-order valence-corrected chi connectivity index (χ4v) is 2.24. The van der Waals surface area contributed by atoms with Gasteiger partial charge < -0.3 is 19.7 Å². The van der Waals surface area contributed by atoms with Crippen molar-refractivity contribution >= 4 is 5.69 Å². The van der Waals surface area contributed by atoms with Crippen LogP contribution in [0.2, 0.25) is 0 Å². The summed E-state index contributed by atoms with van der Waals surface area (Å²) in [7, 11) is 3.37. The smallest absolute Gasteiger partial charge is 0.124 e. The molecule has 0 aliphatic carbocycles. The van der Waals surface area contributed by atoms with Crippen LogP contribution in [0.25, 0.3) is 0 Å². The van der Waals surface area contributed by atoms with Crippen molar-refractivity contribution in [1.29, 1.82) is 0 Å². The van der Waals surface area contributed by atoms with Crippen molar-refractivity contribution in [2.45, 2.75) is 19.4 Å². The highest BCUT2D eigenvalue weighted by Gasteiger charge is 2.15. The first-order chi connectivity index (χ1) is 8.72. The molecule has 1 aliphatic rings. The van der Waals surface area contributed by atoms with Crippen molar-refractivity contribution in [3.8, 4) is 11.5 Å². The van der Waals surface area contributed by atoms with Crippen molar-refractivity contribution < 1.29 is 9.47 Å². The van der Waals surface area contributed by atoms with Gasteiger partial charge in [0.1, 0.15) is 11.5 Å². The molecule has 1 atom stereocenters. The highest BCUT2D eigenvalue weighted by Crippen LogP contribution is 2.28. The highest BCUT2D eigenvalue weighted by molar-refractivity contribution is 5.55. The Morgan fingerprint density at radius 1 is 1.11 bits per heavy atom. The van der Waals surface area contributed by atoms with E-state index in [1.165, 1.54) is 5.69 Å². The summed E-state index contributed by atoms with van der Waals surface area (Å²) in [4.78, 5) is 2.38. The van der Waals surface area contributed by atoms with E-state index >= 15 is 0 Å². The first-order valence-electron chi connectivity index (χ1n) is 6.44. The van der Waals surface area contributed by atoms with Gasteiger partial charge in [-0.25, -0.2) is 0 Å². The normalized spacial score (nSPS) is 20.4. The summed E-state index contributed by atoms with van der Waals surface area (Å²) in [5.74, 6) is 1.68. The molecular weight excluding hydrogens is 228 g/mol. The third kappa shape index (κ3) is 3.07. The molecular formula is C14H22N2O2. The minimum atomic E-state index is 0.586. The van der Waals surface area contributed by atoms with Crippen LogP contribution in [-0.2, 0) is 0 Å². The van der Waals surface area contributed by atoms with Crippen LogP contribution in [0.3, 0.4) is 0 Å². The molecule has 2 rings (SSSR count). The van der Waals surface area contributed by atoms with Crippen LogP contribution in [-0.4, -0.2) is 39.9 Å². The van der Waals surface area contributed by atoms with E-state index in [1.807, 2.05) is 6.07 Å². The van der Waals surface area contributed by atoms with Crippen molar-refractivity contribution in [2.75, 3.05) is 38.8 Å². The van der Waals surface area contributed by atoms with Gasteiger partial charge in [0, 0.05) is 49.6 Å². The van der Waals surface area contributed by atoms with Gasteiger partial charge in [-0.1, -0.05) is 0 Å². The van der Waals surface area contributed by atoms with Gasteiger partial charge in [0.25, 0.3) is 0 Å². The lowest BCUT2D eigenvalue weighted by atomic mass is 10.2. The maximum atomic E-state index is 5.32. The first kappa shape index (κ1) is 13.0. The molecule has 1 aromatic carbocycles. The minimum Gasteiger partial charge on any atom is -0.497 e. The Balaban J connectivity index is 2.20. The molecule has 0 radical (unpaired) electrons. The lowest BCUT2D eigenvalue weighted by Gasteiger charge is -2.23. The van der Waals surface area contributed by atoms with Crippen LogP contribution < -0.4 is 19.7 Å². The Hall–Kier alpha value is -1.42. The van der Waals surface area contributed by atoms with Crippen LogP contribution in [0.15, 0.2) is 18.2 Å². The second-order valence-corrected chi connectivity index (χ2v) is 4.70.